The van der Waals surface area contributed by atoms with Crippen LogP contribution in [0.25, 0.3) is 21.3 Å². The summed E-state index contributed by atoms with van der Waals surface area (Å²) in [6.45, 7) is 0. The van der Waals surface area contributed by atoms with Gasteiger partial charge in [0.2, 0.25) is 5.95 Å². The maximum atomic E-state index is 15.0. The standard InChI is InChI=1S/C24H15F2IN4O2S/c1-31-23(32)15(12-29-24(31)30-13-5-3-2-4-6-13)14-9-17(26)20(10-16(14)25)33-19-7-8-28-18-11-21(27)34-22(18)19/h2-12H,1H3,(H,29,30). The van der Waals surface area contributed by atoms with Crippen molar-refractivity contribution in [3.05, 3.63) is 91.9 Å². The number of nitrogens with one attached hydrogen (secondary N) is 1. The number of fused-ring (bicyclic) bond motifs is 1. The van der Waals surface area contributed by atoms with E-state index in [1.807, 2.05) is 36.4 Å². The van der Waals surface area contributed by atoms with E-state index in [4.69, 9.17) is 4.74 Å². The zero-order chi connectivity index (χ0) is 23.8. The molecule has 6 nitrogen and oxygen atoms in total. The van der Waals surface area contributed by atoms with E-state index in [1.165, 1.54) is 29.1 Å². The van der Waals surface area contributed by atoms with Crippen LogP contribution >= 0.6 is 33.9 Å². The molecule has 34 heavy (non-hydrogen) atoms. The minimum Gasteiger partial charge on any atom is -0.453 e. The van der Waals surface area contributed by atoms with Gasteiger partial charge >= 0.3 is 0 Å². The highest BCUT2D eigenvalue weighted by Gasteiger charge is 2.19. The Hall–Kier alpha value is -3.38. The molecule has 0 bridgehead atoms. The Morgan fingerprint density at radius 3 is 2.59 bits per heavy atom. The number of aromatic nitrogens is 3. The molecule has 3 aromatic heterocycles. The average molecular weight is 588 g/mol. The van der Waals surface area contributed by atoms with Crippen molar-refractivity contribution in [2.24, 2.45) is 7.05 Å². The first kappa shape index (κ1) is 22.4. The summed E-state index contributed by atoms with van der Waals surface area (Å²) < 4.78 is 38.7. The highest BCUT2D eigenvalue weighted by Crippen LogP contribution is 2.37. The van der Waals surface area contributed by atoms with Gasteiger partial charge in [0, 0.05) is 42.8 Å². The predicted molar refractivity (Wildman–Crippen MR) is 137 cm³/mol. The van der Waals surface area contributed by atoms with Gasteiger partial charge in [-0.15, -0.1) is 11.3 Å². The number of ether oxygens (including phenoxy) is 1. The first-order valence-corrected chi connectivity index (χ1v) is 11.9. The molecular formula is C24H15F2IN4O2S. The fourth-order valence-corrected chi connectivity index (χ4v) is 5.14. The third kappa shape index (κ3) is 4.26. The van der Waals surface area contributed by atoms with Crippen molar-refractivity contribution in [2.75, 3.05) is 5.32 Å². The lowest BCUT2D eigenvalue weighted by Crippen LogP contribution is -2.22. The molecule has 0 saturated heterocycles. The lowest BCUT2D eigenvalue weighted by molar-refractivity contribution is 0.441. The fourth-order valence-electron chi connectivity index (χ4n) is 3.39. The number of hydrogen-bond donors (Lipinski definition) is 1. The maximum Gasteiger partial charge on any atom is 0.262 e. The Kier molecular flexibility index (Phi) is 6.00. The zero-order valence-electron chi connectivity index (χ0n) is 17.6. The van der Waals surface area contributed by atoms with Crippen molar-refractivity contribution in [1.29, 1.82) is 0 Å². The second kappa shape index (κ2) is 9.11. The molecule has 5 aromatic rings. The second-order valence-electron chi connectivity index (χ2n) is 7.29. The SMILES string of the molecule is Cn1c(Nc2ccccc2)ncc(-c2cc(F)c(Oc3ccnc4cc(I)sc34)cc2F)c1=O. The van der Waals surface area contributed by atoms with Crippen LogP contribution in [0.2, 0.25) is 0 Å². The summed E-state index contributed by atoms with van der Waals surface area (Å²) in [6.07, 6.45) is 2.77. The van der Waals surface area contributed by atoms with Crippen molar-refractivity contribution in [3.63, 3.8) is 0 Å². The van der Waals surface area contributed by atoms with Crippen LogP contribution in [0.5, 0.6) is 11.5 Å². The molecule has 5 rings (SSSR count). The van der Waals surface area contributed by atoms with Crippen molar-refractivity contribution in [1.82, 2.24) is 14.5 Å². The first-order chi connectivity index (χ1) is 16.4. The third-order valence-corrected chi connectivity index (χ3v) is 6.98. The number of para-hydroxylation sites is 1. The molecule has 0 aliphatic rings. The monoisotopic (exact) mass is 588 g/mol. The van der Waals surface area contributed by atoms with Gasteiger partial charge in [-0.2, -0.15) is 0 Å². The number of thiophene rings is 1. The molecule has 0 aliphatic carbocycles. The number of rotatable bonds is 5. The summed E-state index contributed by atoms with van der Waals surface area (Å²) in [5.74, 6) is -1.25. The topological polar surface area (TPSA) is 69.0 Å². The molecule has 0 saturated carbocycles. The number of anilines is 2. The molecule has 0 fully saturated rings. The van der Waals surface area contributed by atoms with Crippen LogP contribution in [0.15, 0.2) is 71.8 Å². The highest BCUT2D eigenvalue weighted by molar-refractivity contribution is 14.1. The first-order valence-electron chi connectivity index (χ1n) is 10.00. The van der Waals surface area contributed by atoms with E-state index in [9.17, 15) is 9.18 Å². The van der Waals surface area contributed by atoms with Crippen molar-refractivity contribution < 1.29 is 13.5 Å². The van der Waals surface area contributed by atoms with E-state index in [-0.39, 0.29) is 22.8 Å². The summed E-state index contributed by atoms with van der Waals surface area (Å²) in [5, 5.41) is 3.03. The summed E-state index contributed by atoms with van der Waals surface area (Å²) in [7, 11) is 1.51. The average Bonchev–Trinajstić information content (AvgIpc) is 3.21. The molecule has 10 heteroatoms. The lowest BCUT2D eigenvalue weighted by Gasteiger charge is -2.13. The Morgan fingerprint density at radius 1 is 1.00 bits per heavy atom. The number of nitrogens with zero attached hydrogens (tertiary/aromatic N) is 3. The van der Waals surface area contributed by atoms with Crippen LogP contribution in [0.4, 0.5) is 20.4 Å². The van der Waals surface area contributed by atoms with Gasteiger partial charge in [-0.05, 0) is 46.9 Å². The lowest BCUT2D eigenvalue weighted by atomic mass is 10.1. The summed E-state index contributed by atoms with van der Waals surface area (Å²) in [6, 6.07) is 14.5. The molecule has 0 spiro atoms. The Labute approximate surface area is 210 Å². The molecule has 0 amide bonds. The van der Waals surface area contributed by atoms with E-state index in [1.54, 1.807) is 12.3 Å². The number of benzene rings is 2. The number of pyridine rings is 1. The summed E-state index contributed by atoms with van der Waals surface area (Å²) in [5.41, 5.74) is 0.660. The Balaban J connectivity index is 1.49. The third-order valence-electron chi connectivity index (χ3n) is 5.08. The molecule has 0 atom stereocenters. The van der Waals surface area contributed by atoms with Crippen LogP contribution in [0, 0.1) is 14.5 Å². The molecule has 2 aromatic carbocycles. The molecule has 0 aliphatic heterocycles. The van der Waals surface area contributed by atoms with Gasteiger partial charge in [-0.3, -0.25) is 14.3 Å². The number of hydrogen-bond acceptors (Lipinski definition) is 6. The summed E-state index contributed by atoms with van der Waals surface area (Å²) in [4.78, 5) is 21.4. The second-order valence-corrected chi connectivity index (χ2v) is 10.2. The van der Waals surface area contributed by atoms with Gasteiger partial charge in [0.15, 0.2) is 11.6 Å². The molecular weight excluding hydrogens is 573 g/mol. The highest BCUT2D eigenvalue weighted by atomic mass is 127. The van der Waals surface area contributed by atoms with Gasteiger partial charge in [0.25, 0.3) is 5.56 Å². The zero-order valence-corrected chi connectivity index (χ0v) is 20.5. The molecule has 3 heterocycles. The van der Waals surface area contributed by atoms with Crippen LogP contribution in [-0.4, -0.2) is 14.5 Å². The van der Waals surface area contributed by atoms with Gasteiger partial charge in [0.05, 0.1) is 18.7 Å². The van der Waals surface area contributed by atoms with Crippen molar-refractivity contribution in [3.8, 4) is 22.6 Å². The van der Waals surface area contributed by atoms with Gasteiger partial charge in [0.1, 0.15) is 11.6 Å². The normalized spacial score (nSPS) is 11.1. The summed E-state index contributed by atoms with van der Waals surface area (Å²) >= 11 is 3.60. The Morgan fingerprint density at radius 2 is 1.79 bits per heavy atom. The van der Waals surface area contributed by atoms with E-state index >= 15 is 4.39 Å². The van der Waals surface area contributed by atoms with Gasteiger partial charge in [-0.25, -0.2) is 13.8 Å². The van der Waals surface area contributed by atoms with E-state index in [0.717, 1.165) is 25.4 Å². The maximum absolute atomic E-state index is 15.0. The van der Waals surface area contributed by atoms with E-state index in [2.05, 4.69) is 37.9 Å². The van der Waals surface area contributed by atoms with Gasteiger partial charge in [-0.1, -0.05) is 18.2 Å². The van der Waals surface area contributed by atoms with Crippen molar-refractivity contribution >= 4 is 55.8 Å². The molecule has 1 N–H and O–H groups in total. The van der Waals surface area contributed by atoms with Crippen LogP contribution in [-0.2, 0) is 7.05 Å². The molecule has 0 unspecified atom stereocenters. The van der Waals surface area contributed by atoms with Crippen LogP contribution in [0.1, 0.15) is 0 Å². The smallest absolute Gasteiger partial charge is 0.262 e. The van der Waals surface area contributed by atoms with Crippen molar-refractivity contribution in [2.45, 2.75) is 0 Å². The Bertz CT molecular complexity index is 1590. The van der Waals surface area contributed by atoms with Gasteiger partial charge < -0.3 is 10.1 Å². The quantitative estimate of drug-likeness (QED) is 0.238. The predicted octanol–water partition coefficient (Wildman–Crippen LogP) is 6.48. The molecule has 170 valence electrons. The number of halogens is 3. The van der Waals surface area contributed by atoms with E-state index in [0.29, 0.717) is 11.3 Å². The van der Waals surface area contributed by atoms with Crippen LogP contribution < -0.4 is 15.6 Å². The van der Waals surface area contributed by atoms with E-state index < -0.39 is 17.2 Å². The minimum atomic E-state index is -0.804. The molecule has 0 radical (unpaired) electrons. The fraction of sp³-hybridized carbons (Fsp3) is 0.0417. The largest absolute Gasteiger partial charge is 0.453 e. The van der Waals surface area contributed by atoms with Crippen LogP contribution in [0.3, 0.4) is 0 Å². The minimum absolute atomic E-state index is 0.0665.